The van der Waals surface area contributed by atoms with Crippen molar-refractivity contribution in [2.45, 2.75) is 25.7 Å². The van der Waals surface area contributed by atoms with Gasteiger partial charge in [-0.1, -0.05) is 18.0 Å². The Kier molecular flexibility index (Phi) is 7.00. The van der Waals surface area contributed by atoms with Crippen molar-refractivity contribution in [2.75, 3.05) is 39.4 Å². The van der Waals surface area contributed by atoms with E-state index in [1.807, 2.05) is 0 Å². The fourth-order valence-corrected chi connectivity index (χ4v) is 1.74. The topological polar surface area (TPSA) is 61.2 Å². The van der Waals surface area contributed by atoms with Crippen LogP contribution < -0.4 is 0 Å². The lowest BCUT2D eigenvalue weighted by molar-refractivity contribution is 0.0371. The number of hydrogen-bond donors (Lipinski definition) is 0. The van der Waals surface area contributed by atoms with Crippen molar-refractivity contribution in [1.82, 2.24) is 4.90 Å². The van der Waals surface area contributed by atoms with Gasteiger partial charge >= 0.3 is 0 Å². The lowest BCUT2D eigenvalue weighted by atomic mass is 10.2. The summed E-state index contributed by atoms with van der Waals surface area (Å²) in [6.45, 7) is 5.77. The zero-order valence-corrected chi connectivity index (χ0v) is 9.27. The molecule has 0 radical (unpaired) electrons. The molecule has 1 fully saturated rings. The molecule has 1 aliphatic rings. The quantitative estimate of drug-likeness (QED) is 0.281. The number of unbranched alkanes of at least 4 members (excludes halogenated alkanes) is 3. The summed E-state index contributed by atoms with van der Waals surface area (Å²) in [5, 5.41) is 3.51. The van der Waals surface area contributed by atoms with Crippen molar-refractivity contribution in [3.8, 4) is 0 Å². The lowest BCUT2D eigenvalue weighted by Gasteiger charge is -2.26. The Morgan fingerprint density at radius 3 is 2.60 bits per heavy atom. The number of rotatable bonds is 7. The zero-order valence-electron chi connectivity index (χ0n) is 9.27. The summed E-state index contributed by atoms with van der Waals surface area (Å²) in [6.07, 6.45) is 4.67. The molecule has 0 unspecified atom stereocenters. The first-order valence-electron chi connectivity index (χ1n) is 5.74. The Morgan fingerprint density at radius 2 is 1.87 bits per heavy atom. The molecule has 1 aliphatic heterocycles. The van der Waals surface area contributed by atoms with Crippen LogP contribution in [0, 0.1) is 0 Å². The zero-order chi connectivity index (χ0) is 10.8. The maximum Gasteiger partial charge on any atom is 0.0594 e. The van der Waals surface area contributed by atoms with Gasteiger partial charge in [-0.2, -0.15) is 0 Å². The van der Waals surface area contributed by atoms with Gasteiger partial charge in [0, 0.05) is 24.5 Å². The molecule has 0 aromatic rings. The lowest BCUT2D eigenvalue weighted by Crippen LogP contribution is -2.36. The summed E-state index contributed by atoms with van der Waals surface area (Å²) in [7, 11) is 0. The summed E-state index contributed by atoms with van der Waals surface area (Å²) < 4.78 is 5.28. The largest absolute Gasteiger partial charge is 0.379 e. The number of nitrogens with zero attached hydrogens (tertiary/aromatic N) is 4. The molecule has 0 bridgehead atoms. The summed E-state index contributed by atoms with van der Waals surface area (Å²) in [5.74, 6) is 0. The molecule has 0 aliphatic carbocycles. The van der Waals surface area contributed by atoms with Crippen LogP contribution in [-0.2, 0) is 4.74 Å². The second-order valence-corrected chi connectivity index (χ2v) is 3.82. The van der Waals surface area contributed by atoms with Crippen LogP contribution >= 0.6 is 0 Å². The minimum absolute atomic E-state index is 0.647. The van der Waals surface area contributed by atoms with E-state index >= 15 is 0 Å². The molecule has 86 valence electrons. The van der Waals surface area contributed by atoms with Gasteiger partial charge in [0.2, 0.25) is 0 Å². The minimum atomic E-state index is 0.647. The minimum Gasteiger partial charge on any atom is -0.379 e. The third-order valence-corrected chi connectivity index (χ3v) is 2.65. The Balaban J connectivity index is 1.85. The van der Waals surface area contributed by atoms with Crippen LogP contribution in [0.5, 0.6) is 0 Å². The van der Waals surface area contributed by atoms with Gasteiger partial charge in [0.15, 0.2) is 0 Å². The molecule has 1 saturated heterocycles. The first-order valence-corrected chi connectivity index (χ1v) is 5.74. The fourth-order valence-electron chi connectivity index (χ4n) is 1.74. The predicted molar refractivity (Wildman–Crippen MR) is 59.7 cm³/mol. The predicted octanol–water partition coefficient (Wildman–Crippen LogP) is 2.19. The molecule has 0 spiro atoms. The Bertz CT molecular complexity index is 198. The van der Waals surface area contributed by atoms with Crippen LogP contribution in [0.4, 0.5) is 0 Å². The highest BCUT2D eigenvalue weighted by molar-refractivity contribution is 4.61. The average Bonchev–Trinajstić information content (AvgIpc) is 2.29. The van der Waals surface area contributed by atoms with E-state index < -0.39 is 0 Å². The Hall–Kier alpha value is -0.770. The van der Waals surface area contributed by atoms with Crippen molar-refractivity contribution >= 4 is 0 Å². The van der Waals surface area contributed by atoms with Crippen LogP contribution in [-0.4, -0.2) is 44.3 Å². The van der Waals surface area contributed by atoms with Crippen LogP contribution in [0.3, 0.4) is 0 Å². The van der Waals surface area contributed by atoms with Gasteiger partial charge in [0.1, 0.15) is 0 Å². The van der Waals surface area contributed by atoms with Crippen LogP contribution in [0.1, 0.15) is 25.7 Å². The normalized spacial score (nSPS) is 17.3. The number of ether oxygens (including phenoxy) is 1. The van der Waals surface area contributed by atoms with E-state index in [-0.39, 0.29) is 0 Å². The van der Waals surface area contributed by atoms with Gasteiger partial charge in [-0.05, 0) is 24.9 Å². The Labute approximate surface area is 91.0 Å². The Morgan fingerprint density at radius 1 is 1.13 bits per heavy atom. The first-order chi connectivity index (χ1) is 7.43. The molecular weight excluding hydrogens is 192 g/mol. The van der Waals surface area contributed by atoms with E-state index in [4.69, 9.17) is 10.3 Å². The average molecular weight is 212 g/mol. The molecule has 1 heterocycles. The standard InChI is InChI=1S/C10H20N4O/c11-13-12-5-3-1-2-4-6-14-7-9-15-10-8-14/h1-10H2. The van der Waals surface area contributed by atoms with Crippen molar-refractivity contribution in [1.29, 1.82) is 0 Å². The molecular formula is C10H20N4O. The number of morpholine rings is 1. The molecule has 15 heavy (non-hydrogen) atoms. The van der Waals surface area contributed by atoms with Crippen LogP contribution in [0.15, 0.2) is 5.11 Å². The first kappa shape index (κ1) is 12.3. The molecule has 0 atom stereocenters. The number of azide groups is 1. The van der Waals surface area contributed by atoms with E-state index in [1.54, 1.807) is 0 Å². The second kappa shape index (κ2) is 8.53. The van der Waals surface area contributed by atoms with Crippen LogP contribution in [0.25, 0.3) is 10.4 Å². The molecule has 0 aromatic heterocycles. The summed E-state index contributed by atoms with van der Waals surface area (Å²) in [4.78, 5) is 5.19. The molecule has 0 saturated carbocycles. The third kappa shape index (κ3) is 6.33. The monoisotopic (exact) mass is 212 g/mol. The van der Waals surface area contributed by atoms with E-state index in [1.165, 1.54) is 25.8 Å². The smallest absolute Gasteiger partial charge is 0.0594 e. The van der Waals surface area contributed by atoms with Gasteiger partial charge in [0.05, 0.1) is 13.2 Å². The van der Waals surface area contributed by atoms with E-state index in [2.05, 4.69) is 14.9 Å². The highest BCUT2D eigenvalue weighted by Crippen LogP contribution is 2.04. The molecule has 0 N–H and O–H groups in total. The van der Waals surface area contributed by atoms with Gasteiger partial charge in [-0.3, -0.25) is 4.90 Å². The third-order valence-electron chi connectivity index (χ3n) is 2.65. The molecule has 0 amide bonds. The van der Waals surface area contributed by atoms with Gasteiger partial charge in [-0.15, -0.1) is 0 Å². The molecule has 0 aromatic carbocycles. The van der Waals surface area contributed by atoms with Crippen molar-refractivity contribution in [2.24, 2.45) is 5.11 Å². The molecule has 5 heteroatoms. The SMILES string of the molecule is [N-]=[N+]=NCCCCCCN1CCOCC1. The van der Waals surface area contributed by atoms with E-state index in [0.29, 0.717) is 6.54 Å². The van der Waals surface area contributed by atoms with Crippen molar-refractivity contribution < 1.29 is 4.74 Å². The van der Waals surface area contributed by atoms with Crippen molar-refractivity contribution in [3.05, 3.63) is 10.4 Å². The van der Waals surface area contributed by atoms with Crippen molar-refractivity contribution in [3.63, 3.8) is 0 Å². The molecule has 5 nitrogen and oxygen atoms in total. The summed E-state index contributed by atoms with van der Waals surface area (Å²) in [6, 6.07) is 0. The van der Waals surface area contributed by atoms with E-state index in [0.717, 1.165) is 32.7 Å². The van der Waals surface area contributed by atoms with Gasteiger partial charge in [0.25, 0.3) is 0 Å². The highest BCUT2D eigenvalue weighted by atomic mass is 16.5. The van der Waals surface area contributed by atoms with Gasteiger partial charge < -0.3 is 4.74 Å². The van der Waals surface area contributed by atoms with Crippen LogP contribution in [0.2, 0.25) is 0 Å². The summed E-state index contributed by atoms with van der Waals surface area (Å²) >= 11 is 0. The fraction of sp³-hybridized carbons (Fsp3) is 1.00. The second-order valence-electron chi connectivity index (χ2n) is 3.82. The number of hydrogen-bond acceptors (Lipinski definition) is 3. The van der Waals surface area contributed by atoms with Gasteiger partial charge in [-0.25, -0.2) is 0 Å². The maximum absolute atomic E-state index is 8.08. The van der Waals surface area contributed by atoms with E-state index in [9.17, 15) is 0 Å². The molecule has 1 rings (SSSR count). The highest BCUT2D eigenvalue weighted by Gasteiger charge is 2.08. The maximum atomic E-state index is 8.08. The summed E-state index contributed by atoms with van der Waals surface area (Å²) in [5.41, 5.74) is 8.08.